The molecule has 0 amide bonds. The van der Waals surface area contributed by atoms with Gasteiger partial charge in [-0.2, -0.15) is 0 Å². The van der Waals surface area contributed by atoms with Gasteiger partial charge in [0.15, 0.2) is 5.16 Å². The Morgan fingerprint density at radius 3 is 2.80 bits per heavy atom. The number of aromatic nitrogens is 2. The van der Waals surface area contributed by atoms with Crippen LogP contribution < -0.4 is 5.32 Å². The van der Waals surface area contributed by atoms with Gasteiger partial charge in [-0.15, -0.1) is 0 Å². The number of hydrogen-bond donors (Lipinski definition) is 1. The fourth-order valence-electron chi connectivity index (χ4n) is 1.79. The van der Waals surface area contributed by atoms with Crippen LogP contribution in [0.25, 0.3) is 0 Å². The van der Waals surface area contributed by atoms with Gasteiger partial charge < -0.3 is 9.88 Å². The predicted molar refractivity (Wildman–Crippen MR) is 85.3 cm³/mol. The molecule has 0 saturated carbocycles. The zero-order chi connectivity index (χ0) is 14.5. The fraction of sp³-hybridized carbons (Fsp3) is 0.400. The number of hydrogen-bond acceptors (Lipinski definition) is 3. The van der Waals surface area contributed by atoms with E-state index in [1.807, 2.05) is 23.9 Å². The molecule has 0 spiro atoms. The third-order valence-corrected chi connectivity index (χ3v) is 4.43. The van der Waals surface area contributed by atoms with Crippen molar-refractivity contribution in [2.75, 3.05) is 6.54 Å². The summed E-state index contributed by atoms with van der Waals surface area (Å²) in [5.74, 6) is 0.656. The van der Waals surface area contributed by atoms with E-state index >= 15 is 0 Å². The number of aryl methyl sites for hydroxylation is 1. The second-order valence-electron chi connectivity index (χ2n) is 5.21. The lowest BCUT2D eigenvalue weighted by molar-refractivity contribution is 0.552. The molecule has 0 bridgehead atoms. The zero-order valence-corrected chi connectivity index (χ0v) is 13.6. The van der Waals surface area contributed by atoms with Crippen LogP contribution in [0.5, 0.6) is 0 Å². The van der Waals surface area contributed by atoms with Crippen molar-refractivity contribution in [3.63, 3.8) is 0 Å². The third kappa shape index (κ3) is 4.27. The monoisotopic (exact) mass is 309 g/mol. The number of imidazole rings is 1. The van der Waals surface area contributed by atoms with E-state index in [9.17, 15) is 0 Å². The quantitative estimate of drug-likeness (QED) is 0.875. The van der Waals surface area contributed by atoms with Gasteiger partial charge in [0, 0.05) is 30.9 Å². The van der Waals surface area contributed by atoms with Gasteiger partial charge in [0.1, 0.15) is 0 Å². The van der Waals surface area contributed by atoms with Crippen molar-refractivity contribution in [3.05, 3.63) is 41.2 Å². The Balaban J connectivity index is 2.01. The summed E-state index contributed by atoms with van der Waals surface area (Å²) in [6, 6.07) is 6.21. The molecule has 108 valence electrons. The van der Waals surface area contributed by atoms with E-state index < -0.39 is 0 Å². The van der Waals surface area contributed by atoms with Gasteiger partial charge in [-0.1, -0.05) is 43.3 Å². The standard InChI is InChI=1S/C15H20ClN3S/c1-11(2)9-17-10-12-4-5-14(13(16)8-12)20-15-18-6-7-19(15)3/h4-8,11,17H,9-10H2,1-3H3. The number of rotatable bonds is 6. The zero-order valence-electron chi connectivity index (χ0n) is 12.1. The van der Waals surface area contributed by atoms with Crippen LogP contribution in [0, 0.1) is 5.92 Å². The average Bonchev–Trinajstić information content (AvgIpc) is 2.78. The molecule has 1 aromatic carbocycles. The highest BCUT2D eigenvalue weighted by atomic mass is 35.5. The molecule has 5 heteroatoms. The van der Waals surface area contributed by atoms with E-state index in [0.29, 0.717) is 5.92 Å². The molecule has 2 rings (SSSR count). The molecule has 1 heterocycles. The number of nitrogens with zero attached hydrogens (tertiary/aromatic N) is 2. The van der Waals surface area contributed by atoms with Crippen LogP contribution in [0.4, 0.5) is 0 Å². The summed E-state index contributed by atoms with van der Waals surface area (Å²) in [5.41, 5.74) is 1.21. The summed E-state index contributed by atoms with van der Waals surface area (Å²) in [6.45, 7) is 6.27. The minimum Gasteiger partial charge on any atom is -0.329 e. The van der Waals surface area contributed by atoms with E-state index in [1.54, 1.807) is 18.0 Å². The van der Waals surface area contributed by atoms with E-state index in [-0.39, 0.29) is 0 Å². The maximum Gasteiger partial charge on any atom is 0.172 e. The van der Waals surface area contributed by atoms with Crippen LogP contribution in [0.1, 0.15) is 19.4 Å². The normalized spacial score (nSPS) is 11.2. The summed E-state index contributed by atoms with van der Waals surface area (Å²) in [6.07, 6.45) is 3.72. The van der Waals surface area contributed by atoms with Gasteiger partial charge in [0.25, 0.3) is 0 Å². The molecule has 2 aromatic rings. The maximum absolute atomic E-state index is 6.35. The minimum atomic E-state index is 0.656. The molecule has 20 heavy (non-hydrogen) atoms. The van der Waals surface area contributed by atoms with Gasteiger partial charge in [-0.3, -0.25) is 0 Å². The highest BCUT2D eigenvalue weighted by Gasteiger charge is 2.07. The van der Waals surface area contributed by atoms with Crippen molar-refractivity contribution >= 4 is 23.4 Å². The van der Waals surface area contributed by atoms with Crippen molar-refractivity contribution in [1.29, 1.82) is 0 Å². The fourth-order valence-corrected chi connectivity index (χ4v) is 2.92. The first-order valence-electron chi connectivity index (χ1n) is 6.70. The van der Waals surface area contributed by atoms with Gasteiger partial charge >= 0.3 is 0 Å². The molecule has 0 aliphatic rings. The lowest BCUT2D eigenvalue weighted by Crippen LogP contribution is -2.18. The van der Waals surface area contributed by atoms with Crippen LogP contribution in [0.2, 0.25) is 5.02 Å². The Hall–Kier alpha value is -0.970. The first kappa shape index (κ1) is 15.4. The maximum atomic E-state index is 6.35. The lowest BCUT2D eigenvalue weighted by Gasteiger charge is -2.09. The van der Waals surface area contributed by atoms with Crippen molar-refractivity contribution in [1.82, 2.24) is 14.9 Å². The molecule has 1 N–H and O–H groups in total. The Morgan fingerprint density at radius 1 is 1.40 bits per heavy atom. The number of benzene rings is 1. The molecule has 0 aliphatic heterocycles. The summed E-state index contributed by atoms with van der Waals surface area (Å²) >= 11 is 7.94. The van der Waals surface area contributed by atoms with Gasteiger partial charge in [-0.25, -0.2) is 4.98 Å². The first-order valence-corrected chi connectivity index (χ1v) is 7.90. The van der Waals surface area contributed by atoms with Crippen molar-refractivity contribution in [2.45, 2.75) is 30.4 Å². The van der Waals surface area contributed by atoms with Crippen molar-refractivity contribution in [2.24, 2.45) is 13.0 Å². The van der Waals surface area contributed by atoms with E-state index in [2.05, 4.69) is 36.3 Å². The highest BCUT2D eigenvalue weighted by molar-refractivity contribution is 7.99. The Bertz CT molecular complexity index is 566. The Kier molecular flexibility index (Phi) is 5.52. The topological polar surface area (TPSA) is 29.9 Å². The smallest absolute Gasteiger partial charge is 0.172 e. The molecule has 0 radical (unpaired) electrons. The number of nitrogens with one attached hydrogen (secondary N) is 1. The molecule has 0 fully saturated rings. The Morgan fingerprint density at radius 2 is 2.20 bits per heavy atom. The number of halogens is 1. The largest absolute Gasteiger partial charge is 0.329 e. The molecule has 1 aromatic heterocycles. The molecule has 3 nitrogen and oxygen atoms in total. The van der Waals surface area contributed by atoms with Crippen LogP contribution in [0.15, 0.2) is 40.6 Å². The third-order valence-electron chi connectivity index (χ3n) is 2.86. The SMILES string of the molecule is CC(C)CNCc1ccc(Sc2nccn2C)c(Cl)c1. The van der Waals surface area contributed by atoms with Gasteiger partial charge in [-0.05, 0) is 30.2 Å². The minimum absolute atomic E-state index is 0.656. The second-order valence-corrected chi connectivity index (χ2v) is 6.63. The van der Waals surface area contributed by atoms with Gasteiger partial charge in [0.2, 0.25) is 0 Å². The van der Waals surface area contributed by atoms with E-state index in [0.717, 1.165) is 28.2 Å². The average molecular weight is 310 g/mol. The summed E-state index contributed by atoms with van der Waals surface area (Å²) in [7, 11) is 1.98. The first-order chi connectivity index (χ1) is 9.56. The van der Waals surface area contributed by atoms with Crippen LogP contribution >= 0.6 is 23.4 Å². The predicted octanol–water partition coefficient (Wildman–Crippen LogP) is 3.97. The molecule has 0 atom stereocenters. The second kappa shape index (κ2) is 7.16. The van der Waals surface area contributed by atoms with Crippen molar-refractivity contribution in [3.8, 4) is 0 Å². The van der Waals surface area contributed by atoms with E-state index in [4.69, 9.17) is 11.6 Å². The van der Waals surface area contributed by atoms with Gasteiger partial charge in [0.05, 0.1) is 5.02 Å². The van der Waals surface area contributed by atoms with Crippen LogP contribution in [0.3, 0.4) is 0 Å². The van der Waals surface area contributed by atoms with Crippen LogP contribution in [-0.4, -0.2) is 16.1 Å². The van der Waals surface area contributed by atoms with Crippen LogP contribution in [-0.2, 0) is 13.6 Å². The molecular formula is C15H20ClN3S. The summed E-state index contributed by atoms with van der Waals surface area (Å²) < 4.78 is 1.99. The highest BCUT2D eigenvalue weighted by Crippen LogP contribution is 2.32. The summed E-state index contributed by atoms with van der Waals surface area (Å²) in [4.78, 5) is 5.33. The molecular weight excluding hydrogens is 290 g/mol. The van der Waals surface area contributed by atoms with E-state index in [1.165, 1.54) is 5.56 Å². The lowest BCUT2D eigenvalue weighted by atomic mass is 10.2. The molecule has 0 saturated heterocycles. The van der Waals surface area contributed by atoms with Crippen molar-refractivity contribution < 1.29 is 0 Å². The molecule has 0 unspecified atom stereocenters. The Labute approximate surface area is 129 Å². The molecule has 0 aliphatic carbocycles. The summed E-state index contributed by atoms with van der Waals surface area (Å²) in [5, 5.41) is 5.14.